The van der Waals surface area contributed by atoms with E-state index in [4.69, 9.17) is 10.5 Å². The third-order valence-electron chi connectivity index (χ3n) is 5.08. The van der Waals surface area contributed by atoms with Crippen molar-refractivity contribution in [3.05, 3.63) is 0 Å². The molecule has 3 nitrogen and oxygen atoms in total. The lowest BCUT2D eigenvalue weighted by Crippen LogP contribution is -2.61. The monoisotopic (exact) mass is 254 g/mol. The number of nitrogens with two attached hydrogens (primary N) is 1. The molecule has 0 spiro atoms. The maximum Gasteiger partial charge on any atom is 0.0670 e. The Balaban J connectivity index is 2.11. The largest absolute Gasteiger partial charge is 0.375 e. The molecule has 0 amide bonds. The molecule has 1 saturated heterocycles. The van der Waals surface area contributed by atoms with Gasteiger partial charge in [-0.15, -0.1) is 0 Å². The van der Waals surface area contributed by atoms with Gasteiger partial charge in [-0.2, -0.15) is 0 Å². The second-order valence-corrected chi connectivity index (χ2v) is 6.49. The zero-order valence-electron chi connectivity index (χ0n) is 12.4. The maximum absolute atomic E-state index is 6.19. The minimum atomic E-state index is 0.0224. The van der Waals surface area contributed by atoms with Crippen LogP contribution in [0.15, 0.2) is 0 Å². The lowest BCUT2D eigenvalue weighted by molar-refractivity contribution is -0.129. The normalized spacial score (nSPS) is 37.2. The van der Waals surface area contributed by atoms with Crippen molar-refractivity contribution in [2.24, 2.45) is 11.7 Å². The van der Waals surface area contributed by atoms with Crippen LogP contribution in [-0.4, -0.2) is 42.3 Å². The van der Waals surface area contributed by atoms with E-state index in [1.807, 2.05) is 0 Å². The van der Waals surface area contributed by atoms with Crippen molar-refractivity contribution in [2.45, 2.75) is 64.0 Å². The highest BCUT2D eigenvalue weighted by Gasteiger charge is 2.45. The highest BCUT2D eigenvalue weighted by molar-refractivity contribution is 5.01. The van der Waals surface area contributed by atoms with Crippen molar-refractivity contribution in [1.82, 2.24) is 4.90 Å². The predicted octanol–water partition coefficient (Wildman–Crippen LogP) is 2.39. The minimum absolute atomic E-state index is 0.0224. The highest BCUT2D eigenvalue weighted by Crippen LogP contribution is 2.40. The van der Waals surface area contributed by atoms with Crippen LogP contribution in [0.5, 0.6) is 0 Å². The Morgan fingerprint density at radius 1 is 1.33 bits per heavy atom. The molecule has 1 aliphatic heterocycles. The van der Waals surface area contributed by atoms with Gasteiger partial charge in [0.25, 0.3) is 0 Å². The Hall–Kier alpha value is -0.120. The van der Waals surface area contributed by atoms with Gasteiger partial charge in [0.1, 0.15) is 0 Å². The van der Waals surface area contributed by atoms with Crippen molar-refractivity contribution >= 4 is 0 Å². The molecule has 2 aliphatic rings. The fourth-order valence-corrected chi connectivity index (χ4v) is 3.39. The third-order valence-corrected chi connectivity index (χ3v) is 5.08. The number of likely N-dealkylation sites (N-methyl/N-ethyl adjacent to an activating group) is 1. The summed E-state index contributed by atoms with van der Waals surface area (Å²) in [6.07, 6.45) is 6.10. The molecule has 2 fully saturated rings. The van der Waals surface area contributed by atoms with Gasteiger partial charge in [0.15, 0.2) is 0 Å². The first-order valence-electron chi connectivity index (χ1n) is 7.66. The van der Waals surface area contributed by atoms with Gasteiger partial charge in [-0.05, 0) is 51.5 Å². The summed E-state index contributed by atoms with van der Waals surface area (Å²) in [6, 6.07) is 0. The van der Waals surface area contributed by atoms with Crippen LogP contribution in [-0.2, 0) is 4.74 Å². The van der Waals surface area contributed by atoms with E-state index < -0.39 is 0 Å². The lowest BCUT2D eigenvalue weighted by Gasteiger charge is -2.51. The number of rotatable bonds is 6. The van der Waals surface area contributed by atoms with Crippen LogP contribution in [0.1, 0.15) is 52.9 Å². The van der Waals surface area contributed by atoms with Gasteiger partial charge in [-0.3, -0.25) is 4.90 Å². The van der Waals surface area contributed by atoms with E-state index in [1.165, 1.54) is 19.4 Å². The molecule has 0 aromatic heterocycles. The van der Waals surface area contributed by atoms with Crippen LogP contribution >= 0.6 is 0 Å². The quantitative estimate of drug-likeness (QED) is 0.791. The Bertz CT molecular complexity index is 280. The van der Waals surface area contributed by atoms with Crippen molar-refractivity contribution in [3.63, 3.8) is 0 Å². The molecule has 1 saturated carbocycles. The summed E-state index contributed by atoms with van der Waals surface area (Å²) in [6.45, 7) is 10.8. The van der Waals surface area contributed by atoms with Gasteiger partial charge in [0.2, 0.25) is 0 Å². The smallest absolute Gasteiger partial charge is 0.0670 e. The average molecular weight is 254 g/mol. The van der Waals surface area contributed by atoms with Crippen LogP contribution in [0.25, 0.3) is 0 Å². The zero-order valence-corrected chi connectivity index (χ0v) is 12.4. The summed E-state index contributed by atoms with van der Waals surface area (Å²) in [5.41, 5.74) is 6.39. The van der Waals surface area contributed by atoms with Crippen LogP contribution in [0.3, 0.4) is 0 Å². The van der Waals surface area contributed by atoms with Crippen LogP contribution in [0.2, 0.25) is 0 Å². The minimum Gasteiger partial charge on any atom is -0.375 e. The standard InChI is InChI=1S/C15H30N2O/c1-4-14(3)11-15(12-16,8-9-18-14)17(5-2)10-13-6-7-13/h13H,4-12,16H2,1-3H3. The fraction of sp³-hybridized carbons (Fsp3) is 1.00. The Labute approximate surface area is 112 Å². The van der Waals surface area contributed by atoms with E-state index in [0.29, 0.717) is 0 Å². The molecule has 0 aromatic carbocycles. The van der Waals surface area contributed by atoms with E-state index >= 15 is 0 Å². The average Bonchev–Trinajstić information content (AvgIpc) is 3.19. The second kappa shape index (κ2) is 5.48. The molecule has 0 aromatic rings. The first-order chi connectivity index (χ1) is 8.57. The highest BCUT2D eigenvalue weighted by atomic mass is 16.5. The Morgan fingerprint density at radius 2 is 2.06 bits per heavy atom. The SMILES string of the molecule is CCN(CC1CC1)C1(CN)CCOC(C)(CC)C1. The Morgan fingerprint density at radius 3 is 2.56 bits per heavy atom. The molecule has 2 N–H and O–H groups in total. The molecular formula is C15H30N2O. The molecule has 2 unspecified atom stereocenters. The van der Waals surface area contributed by atoms with Crippen LogP contribution < -0.4 is 5.73 Å². The molecular weight excluding hydrogens is 224 g/mol. The van der Waals surface area contributed by atoms with E-state index in [-0.39, 0.29) is 11.1 Å². The molecule has 2 rings (SSSR count). The first-order valence-corrected chi connectivity index (χ1v) is 7.66. The topological polar surface area (TPSA) is 38.5 Å². The number of nitrogens with zero attached hydrogens (tertiary/aromatic N) is 1. The van der Waals surface area contributed by atoms with Crippen molar-refractivity contribution in [1.29, 1.82) is 0 Å². The van der Waals surface area contributed by atoms with Crippen molar-refractivity contribution in [3.8, 4) is 0 Å². The molecule has 1 aliphatic carbocycles. The summed E-state index contributed by atoms with van der Waals surface area (Å²) < 4.78 is 6.00. The summed E-state index contributed by atoms with van der Waals surface area (Å²) in [5.74, 6) is 0.934. The number of hydrogen-bond acceptors (Lipinski definition) is 3. The molecule has 0 radical (unpaired) electrons. The van der Waals surface area contributed by atoms with Crippen LogP contribution in [0.4, 0.5) is 0 Å². The number of ether oxygens (including phenoxy) is 1. The van der Waals surface area contributed by atoms with Gasteiger partial charge in [-0.25, -0.2) is 0 Å². The van der Waals surface area contributed by atoms with E-state index in [0.717, 1.165) is 44.9 Å². The van der Waals surface area contributed by atoms with E-state index in [2.05, 4.69) is 25.7 Å². The lowest BCUT2D eigenvalue weighted by atomic mass is 9.77. The van der Waals surface area contributed by atoms with E-state index in [9.17, 15) is 0 Å². The molecule has 3 heteroatoms. The van der Waals surface area contributed by atoms with Gasteiger partial charge < -0.3 is 10.5 Å². The molecule has 2 atom stereocenters. The van der Waals surface area contributed by atoms with Gasteiger partial charge >= 0.3 is 0 Å². The third kappa shape index (κ3) is 2.89. The maximum atomic E-state index is 6.19. The Kier molecular flexibility index (Phi) is 4.35. The fourth-order valence-electron chi connectivity index (χ4n) is 3.39. The van der Waals surface area contributed by atoms with Gasteiger partial charge in [0.05, 0.1) is 5.60 Å². The number of hydrogen-bond donors (Lipinski definition) is 1. The summed E-state index contributed by atoms with van der Waals surface area (Å²) in [4.78, 5) is 2.65. The van der Waals surface area contributed by atoms with Crippen LogP contribution in [0, 0.1) is 5.92 Å². The van der Waals surface area contributed by atoms with Gasteiger partial charge in [-0.1, -0.05) is 13.8 Å². The van der Waals surface area contributed by atoms with E-state index in [1.54, 1.807) is 0 Å². The molecule has 1 heterocycles. The molecule has 18 heavy (non-hydrogen) atoms. The van der Waals surface area contributed by atoms with Gasteiger partial charge in [0, 0.05) is 25.2 Å². The predicted molar refractivity (Wildman–Crippen MR) is 75.6 cm³/mol. The molecule has 0 bridgehead atoms. The summed E-state index contributed by atoms with van der Waals surface area (Å²) >= 11 is 0. The summed E-state index contributed by atoms with van der Waals surface area (Å²) in [5, 5.41) is 0. The molecule has 106 valence electrons. The second-order valence-electron chi connectivity index (χ2n) is 6.49. The van der Waals surface area contributed by atoms with Crippen molar-refractivity contribution < 1.29 is 4.74 Å². The van der Waals surface area contributed by atoms with Crippen molar-refractivity contribution in [2.75, 3.05) is 26.2 Å². The summed E-state index contributed by atoms with van der Waals surface area (Å²) in [7, 11) is 0. The zero-order chi connectivity index (χ0) is 13.2. The first kappa shape index (κ1) is 14.3.